The van der Waals surface area contributed by atoms with Crippen molar-refractivity contribution in [1.82, 2.24) is 0 Å². The maximum Gasteiger partial charge on any atom is 0.227 e. The first-order chi connectivity index (χ1) is 7.61. The first kappa shape index (κ1) is 11.2. The Morgan fingerprint density at radius 2 is 2.25 bits per heavy atom. The standard InChI is InChI=1S/C11H12ClNO3/c12-9-4-8(15)1-2-10(9)13-5-7(6-14)3-11(13)16/h1-2,4,7,14-15H,3,5-6H2. The second-order valence-electron chi connectivity index (χ2n) is 3.89. The third-order valence-corrected chi connectivity index (χ3v) is 2.99. The number of amides is 1. The van der Waals surface area contributed by atoms with Gasteiger partial charge >= 0.3 is 0 Å². The van der Waals surface area contributed by atoms with Gasteiger partial charge in [-0.3, -0.25) is 4.79 Å². The van der Waals surface area contributed by atoms with Crippen LogP contribution >= 0.6 is 11.6 Å². The molecule has 4 nitrogen and oxygen atoms in total. The molecule has 1 aliphatic rings. The predicted molar refractivity (Wildman–Crippen MR) is 60.7 cm³/mol. The molecule has 1 saturated heterocycles. The zero-order valence-corrected chi connectivity index (χ0v) is 9.31. The summed E-state index contributed by atoms with van der Waals surface area (Å²) < 4.78 is 0. The Labute approximate surface area is 98.1 Å². The minimum atomic E-state index is -0.0494. The van der Waals surface area contributed by atoms with Gasteiger partial charge in [0.25, 0.3) is 0 Å². The molecule has 5 heteroatoms. The number of anilines is 1. The van der Waals surface area contributed by atoms with Gasteiger partial charge in [0.15, 0.2) is 0 Å². The van der Waals surface area contributed by atoms with Crippen LogP contribution in [0.15, 0.2) is 18.2 Å². The van der Waals surface area contributed by atoms with Crippen LogP contribution < -0.4 is 4.90 Å². The van der Waals surface area contributed by atoms with Crippen LogP contribution in [0.1, 0.15) is 6.42 Å². The topological polar surface area (TPSA) is 60.8 Å². The molecule has 1 unspecified atom stereocenters. The smallest absolute Gasteiger partial charge is 0.227 e. The van der Waals surface area contributed by atoms with E-state index in [2.05, 4.69) is 0 Å². The minimum Gasteiger partial charge on any atom is -0.508 e. The lowest BCUT2D eigenvalue weighted by Gasteiger charge is -2.17. The summed E-state index contributed by atoms with van der Waals surface area (Å²) in [5.41, 5.74) is 0.584. The largest absolute Gasteiger partial charge is 0.508 e. The normalized spacial score (nSPS) is 20.5. The molecule has 1 aromatic rings. The molecule has 1 aliphatic heterocycles. The zero-order valence-electron chi connectivity index (χ0n) is 8.56. The number of nitrogens with zero attached hydrogens (tertiary/aromatic N) is 1. The van der Waals surface area contributed by atoms with E-state index in [4.69, 9.17) is 16.7 Å². The molecule has 0 bridgehead atoms. The fourth-order valence-corrected chi connectivity index (χ4v) is 2.13. The molecule has 0 aliphatic carbocycles. The van der Waals surface area contributed by atoms with Gasteiger partial charge in [0, 0.05) is 31.6 Å². The summed E-state index contributed by atoms with van der Waals surface area (Å²) in [6.45, 7) is 0.470. The van der Waals surface area contributed by atoms with E-state index in [1.54, 1.807) is 11.0 Å². The summed E-state index contributed by atoms with van der Waals surface area (Å²) in [5, 5.41) is 18.6. The molecule has 0 radical (unpaired) electrons. The van der Waals surface area contributed by atoms with E-state index in [1.165, 1.54) is 12.1 Å². The summed E-state index contributed by atoms with van der Waals surface area (Å²) in [4.78, 5) is 13.2. The number of aromatic hydroxyl groups is 1. The Balaban J connectivity index is 2.28. The van der Waals surface area contributed by atoms with Gasteiger partial charge in [-0.05, 0) is 12.1 Å². The van der Waals surface area contributed by atoms with Crippen molar-refractivity contribution < 1.29 is 15.0 Å². The lowest BCUT2D eigenvalue weighted by molar-refractivity contribution is -0.117. The third-order valence-electron chi connectivity index (χ3n) is 2.69. The number of hydrogen-bond acceptors (Lipinski definition) is 3. The highest BCUT2D eigenvalue weighted by molar-refractivity contribution is 6.34. The van der Waals surface area contributed by atoms with Crippen molar-refractivity contribution in [1.29, 1.82) is 0 Å². The van der Waals surface area contributed by atoms with Crippen LogP contribution in [0.4, 0.5) is 5.69 Å². The first-order valence-corrected chi connectivity index (χ1v) is 5.39. The van der Waals surface area contributed by atoms with E-state index < -0.39 is 0 Å². The highest BCUT2D eigenvalue weighted by Gasteiger charge is 2.31. The molecule has 2 rings (SSSR count). The van der Waals surface area contributed by atoms with Gasteiger partial charge in [-0.25, -0.2) is 0 Å². The molecular weight excluding hydrogens is 230 g/mol. The molecule has 0 spiro atoms. The van der Waals surface area contributed by atoms with Crippen molar-refractivity contribution in [3.05, 3.63) is 23.2 Å². The zero-order chi connectivity index (χ0) is 11.7. The van der Waals surface area contributed by atoms with Crippen LogP contribution in [0.5, 0.6) is 5.75 Å². The highest BCUT2D eigenvalue weighted by Crippen LogP contribution is 2.33. The maximum atomic E-state index is 11.7. The molecule has 2 N–H and O–H groups in total. The Bertz CT molecular complexity index is 422. The van der Waals surface area contributed by atoms with E-state index >= 15 is 0 Å². The number of aliphatic hydroxyl groups excluding tert-OH is 1. The van der Waals surface area contributed by atoms with E-state index in [0.717, 1.165) is 0 Å². The number of phenolic OH excluding ortho intramolecular Hbond substituents is 1. The maximum absolute atomic E-state index is 11.7. The fraction of sp³-hybridized carbons (Fsp3) is 0.364. The van der Waals surface area contributed by atoms with Crippen LogP contribution in [-0.2, 0) is 4.79 Å². The monoisotopic (exact) mass is 241 g/mol. The Morgan fingerprint density at radius 1 is 1.50 bits per heavy atom. The Hall–Kier alpha value is -1.26. The van der Waals surface area contributed by atoms with Crippen molar-refractivity contribution in [3.63, 3.8) is 0 Å². The number of hydrogen-bond donors (Lipinski definition) is 2. The Morgan fingerprint density at radius 3 is 2.81 bits per heavy atom. The van der Waals surface area contributed by atoms with E-state index in [1.807, 2.05) is 0 Å². The molecule has 1 amide bonds. The number of carbonyl (C=O) groups excluding carboxylic acids is 1. The average Bonchev–Trinajstić information content (AvgIpc) is 2.60. The van der Waals surface area contributed by atoms with Crippen molar-refractivity contribution in [2.75, 3.05) is 18.1 Å². The molecule has 1 aromatic carbocycles. The first-order valence-electron chi connectivity index (χ1n) is 5.01. The summed E-state index contributed by atoms with van der Waals surface area (Å²) in [6, 6.07) is 4.49. The van der Waals surface area contributed by atoms with Crippen LogP contribution in [0.25, 0.3) is 0 Å². The molecule has 1 heterocycles. The predicted octanol–water partition coefficient (Wildman–Crippen LogP) is 1.39. The van der Waals surface area contributed by atoms with Crippen LogP contribution in [0.2, 0.25) is 5.02 Å². The van der Waals surface area contributed by atoms with Gasteiger partial charge < -0.3 is 15.1 Å². The number of aliphatic hydroxyl groups is 1. The second-order valence-corrected chi connectivity index (χ2v) is 4.30. The van der Waals surface area contributed by atoms with Crippen molar-refractivity contribution in [3.8, 4) is 5.75 Å². The van der Waals surface area contributed by atoms with Gasteiger partial charge in [0.05, 0.1) is 10.7 Å². The van der Waals surface area contributed by atoms with Crippen molar-refractivity contribution >= 4 is 23.2 Å². The summed E-state index contributed by atoms with van der Waals surface area (Å²) >= 11 is 5.95. The van der Waals surface area contributed by atoms with Gasteiger partial charge in [-0.2, -0.15) is 0 Å². The van der Waals surface area contributed by atoms with Gasteiger partial charge in [-0.15, -0.1) is 0 Å². The number of benzene rings is 1. The number of halogens is 1. The van der Waals surface area contributed by atoms with Crippen LogP contribution in [0, 0.1) is 5.92 Å². The van der Waals surface area contributed by atoms with Crippen LogP contribution in [0.3, 0.4) is 0 Å². The number of rotatable bonds is 2. The molecular formula is C11H12ClNO3. The fourth-order valence-electron chi connectivity index (χ4n) is 1.85. The SMILES string of the molecule is O=C1CC(CO)CN1c1ccc(O)cc1Cl. The quantitative estimate of drug-likeness (QED) is 0.823. The minimum absolute atomic E-state index is 0.00204. The molecule has 16 heavy (non-hydrogen) atoms. The van der Waals surface area contributed by atoms with E-state index in [-0.39, 0.29) is 24.2 Å². The van der Waals surface area contributed by atoms with Crippen molar-refractivity contribution in [2.45, 2.75) is 6.42 Å². The highest BCUT2D eigenvalue weighted by atomic mass is 35.5. The number of phenols is 1. The third kappa shape index (κ3) is 1.99. The average molecular weight is 242 g/mol. The molecule has 0 aromatic heterocycles. The number of carbonyl (C=O) groups is 1. The van der Waals surface area contributed by atoms with E-state index in [9.17, 15) is 9.90 Å². The molecule has 86 valence electrons. The van der Waals surface area contributed by atoms with Gasteiger partial charge in [0.2, 0.25) is 5.91 Å². The van der Waals surface area contributed by atoms with Crippen molar-refractivity contribution in [2.24, 2.45) is 5.92 Å². The van der Waals surface area contributed by atoms with Gasteiger partial charge in [-0.1, -0.05) is 11.6 Å². The lowest BCUT2D eigenvalue weighted by atomic mass is 10.1. The van der Waals surface area contributed by atoms with Crippen LogP contribution in [-0.4, -0.2) is 29.3 Å². The lowest BCUT2D eigenvalue weighted by Crippen LogP contribution is -2.25. The molecule has 0 saturated carbocycles. The van der Waals surface area contributed by atoms with E-state index in [0.29, 0.717) is 23.7 Å². The van der Waals surface area contributed by atoms with Gasteiger partial charge in [0.1, 0.15) is 5.75 Å². The molecule has 1 fully saturated rings. The molecule has 1 atom stereocenters. The summed E-state index contributed by atoms with van der Waals surface area (Å²) in [5.74, 6) is -0.0110. The second kappa shape index (κ2) is 4.31. The summed E-state index contributed by atoms with van der Waals surface area (Å²) in [6.07, 6.45) is 0.341. The summed E-state index contributed by atoms with van der Waals surface area (Å²) in [7, 11) is 0. The Kier molecular flexibility index (Phi) is 3.03.